The highest BCUT2D eigenvalue weighted by molar-refractivity contribution is 7.99. The maximum atomic E-state index is 12.6. The van der Waals surface area contributed by atoms with E-state index in [9.17, 15) is 18.7 Å². The second kappa shape index (κ2) is 7.17. The summed E-state index contributed by atoms with van der Waals surface area (Å²) in [5.74, 6) is -3.38. The van der Waals surface area contributed by atoms with E-state index in [-0.39, 0.29) is 39.2 Å². The first-order valence-corrected chi connectivity index (χ1v) is 8.11. The molecule has 7 heteroatoms. The molecule has 2 rings (SSSR count). The number of pyridine rings is 1. The lowest BCUT2D eigenvalue weighted by Gasteiger charge is -2.20. The van der Waals surface area contributed by atoms with Crippen LogP contribution in [0.15, 0.2) is 41.6 Å². The van der Waals surface area contributed by atoms with E-state index in [2.05, 4.69) is 10.3 Å². The number of carbonyl (C=O) groups excluding carboxylic acids is 1. The van der Waals surface area contributed by atoms with Crippen molar-refractivity contribution in [1.82, 2.24) is 4.98 Å². The molecule has 1 amide bonds. The molecule has 24 heavy (non-hydrogen) atoms. The van der Waals surface area contributed by atoms with Gasteiger partial charge in [0.25, 0.3) is 11.7 Å². The van der Waals surface area contributed by atoms with Crippen LogP contribution >= 0.6 is 11.8 Å². The van der Waals surface area contributed by atoms with E-state index in [1.165, 1.54) is 24.4 Å². The van der Waals surface area contributed by atoms with Gasteiger partial charge < -0.3 is 10.4 Å². The summed E-state index contributed by atoms with van der Waals surface area (Å²) in [5, 5.41) is 12.5. The first-order valence-electron chi connectivity index (χ1n) is 7.23. The number of phenolic OH excluding ortho intramolecular Hbond substituents is 1. The lowest BCUT2D eigenvalue weighted by Crippen LogP contribution is -2.16. The van der Waals surface area contributed by atoms with E-state index in [1.807, 2.05) is 20.8 Å². The Labute approximate surface area is 143 Å². The molecule has 2 N–H and O–H groups in total. The fourth-order valence-electron chi connectivity index (χ4n) is 2.03. The normalized spacial score (nSPS) is 11.6. The number of nitrogens with one attached hydrogen (secondary N) is 1. The van der Waals surface area contributed by atoms with Gasteiger partial charge in [-0.25, -0.2) is 4.98 Å². The standard InChI is InChI=1S/C17H18F2N2O2S/c1-17(2,3)10-6-7-13(22)12(9-10)21-14(23)11-5-4-8-20-15(11)24-16(18)19/h4-9,16,22H,1-3H3,(H,21,23). The highest BCUT2D eigenvalue weighted by Gasteiger charge is 2.19. The summed E-state index contributed by atoms with van der Waals surface area (Å²) in [6, 6.07) is 7.85. The van der Waals surface area contributed by atoms with Gasteiger partial charge in [-0.3, -0.25) is 4.79 Å². The fourth-order valence-corrected chi connectivity index (χ4v) is 2.61. The first-order chi connectivity index (χ1) is 11.2. The molecular formula is C17H18F2N2O2S. The first kappa shape index (κ1) is 18.2. The third-order valence-corrected chi connectivity index (χ3v) is 4.05. The molecule has 1 heterocycles. The number of hydrogen-bond acceptors (Lipinski definition) is 4. The average molecular weight is 352 g/mol. The quantitative estimate of drug-likeness (QED) is 0.621. The van der Waals surface area contributed by atoms with E-state index >= 15 is 0 Å². The number of benzene rings is 1. The van der Waals surface area contributed by atoms with Crippen molar-refractivity contribution in [2.24, 2.45) is 0 Å². The highest BCUT2D eigenvalue weighted by atomic mass is 32.2. The number of anilines is 1. The molecule has 0 saturated heterocycles. The smallest absolute Gasteiger partial charge is 0.290 e. The van der Waals surface area contributed by atoms with Gasteiger partial charge in [0.05, 0.1) is 11.3 Å². The molecule has 0 aliphatic carbocycles. The number of aromatic nitrogens is 1. The van der Waals surface area contributed by atoms with Crippen molar-refractivity contribution in [3.8, 4) is 5.75 Å². The number of nitrogens with zero attached hydrogens (tertiary/aromatic N) is 1. The molecule has 0 saturated carbocycles. The number of hydrogen-bond donors (Lipinski definition) is 2. The third-order valence-electron chi connectivity index (χ3n) is 3.33. The molecule has 0 unspecified atom stereocenters. The van der Waals surface area contributed by atoms with Gasteiger partial charge in [0.2, 0.25) is 0 Å². The Hall–Kier alpha value is -2.15. The maximum Gasteiger partial charge on any atom is 0.290 e. The van der Waals surface area contributed by atoms with Gasteiger partial charge in [0.15, 0.2) is 0 Å². The van der Waals surface area contributed by atoms with Gasteiger partial charge >= 0.3 is 0 Å². The van der Waals surface area contributed by atoms with E-state index < -0.39 is 11.7 Å². The van der Waals surface area contributed by atoms with Gasteiger partial charge in [0, 0.05) is 6.20 Å². The molecule has 0 aliphatic heterocycles. The third kappa shape index (κ3) is 4.44. The van der Waals surface area contributed by atoms with E-state index in [0.29, 0.717) is 0 Å². The number of carbonyl (C=O) groups is 1. The van der Waals surface area contributed by atoms with Crippen LogP contribution in [0.25, 0.3) is 0 Å². The molecular weight excluding hydrogens is 334 g/mol. The highest BCUT2D eigenvalue weighted by Crippen LogP contribution is 2.32. The van der Waals surface area contributed by atoms with Crippen molar-refractivity contribution < 1.29 is 18.7 Å². The number of phenols is 1. The monoisotopic (exact) mass is 352 g/mol. The summed E-state index contributed by atoms with van der Waals surface area (Å²) in [5.41, 5.74) is 1.01. The Kier molecular flexibility index (Phi) is 5.43. The van der Waals surface area contributed by atoms with E-state index in [1.54, 1.807) is 12.1 Å². The number of amides is 1. The molecule has 0 atom stereocenters. The van der Waals surface area contributed by atoms with Crippen molar-refractivity contribution in [1.29, 1.82) is 0 Å². The minimum absolute atomic E-state index is 0.0309. The minimum atomic E-state index is -2.68. The van der Waals surface area contributed by atoms with Gasteiger partial charge in [-0.05, 0) is 47.0 Å². The molecule has 1 aromatic heterocycles. The number of rotatable bonds is 4. The summed E-state index contributed by atoms with van der Waals surface area (Å²) < 4.78 is 25.2. The van der Waals surface area contributed by atoms with Crippen molar-refractivity contribution >= 4 is 23.4 Å². The van der Waals surface area contributed by atoms with Crippen molar-refractivity contribution in [3.63, 3.8) is 0 Å². The Morgan fingerprint density at radius 1 is 1.29 bits per heavy atom. The number of alkyl halides is 2. The minimum Gasteiger partial charge on any atom is -0.506 e. The Balaban J connectivity index is 2.31. The van der Waals surface area contributed by atoms with Crippen LogP contribution in [0.5, 0.6) is 5.75 Å². The van der Waals surface area contributed by atoms with Gasteiger partial charge in [-0.15, -0.1) is 0 Å². The van der Waals surface area contributed by atoms with Crippen LogP contribution < -0.4 is 5.32 Å². The SMILES string of the molecule is CC(C)(C)c1ccc(O)c(NC(=O)c2cccnc2SC(F)F)c1. The number of halogens is 2. The molecule has 0 aliphatic rings. The second-order valence-electron chi connectivity index (χ2n) is 6.17. The van der Waals surface area contributed by atoms with Crippen molar-refractivity contribution in [3.05, 3.63) is 47.7 Å². The summed E-state index contributed by atoms with van der Waals surface area (Å²) in [6.07, 6.45) is 1.35. The molecule has 0 fully saturated rings. The van der Waals surface area contributed by atoms with Crippen LogP contribution in [0, 0.1) is 0 Å². The van der Waals surface area contributed by atoms with Gasteiger partial charge in [-0.1, -0.05) is 26.8 Å². The second-order valence-corrected chi connectivity index (χ2v) is 7.15. The van der Waals surface area contributed by atoms with E-state index in [4.69, 9.17) is 0 Å². The summed E-state index contributed by atoms with van der Waals surface area (Å²) in [4.78, 5) is 16.2. The van der Waals surface area contributed by atoms with Crippen LogP contribution in [-0.4, -0.2) is 21.8 Å². The molecule has 4 nitrogen and oxygen atoms in total. The molecule has 1 aromatic carbocycles. The number of aromatic hydroxyl groups is 1. The Bertz CT molecular complexity index is 746. The number of thioether (sulfide) groups is 1. The van der Waals surface area contributed by atoms with Crippen LogP contribution in [0.1, 0.15) is 36.7 Å². The molecule has 128 valence electrons. The van der Waals surface area contributed by atoms with Gasteiger partial charge in [0.1, 0.15) is 10.8 Å². The Morgan fingerprint density at radius 3 is 2.62 bits per heavy atom. The van der Waals surface area contributed by atoms with Gasteiger partial charge in [-0.2, -0.15) is 8.78 Å². The largest absolute Gasteiger partial charge is 0.506 e. The van der Waals surface area contributed by atoms with Crippen LogP contribution in [0.2, 0.25) is 0 Å². The fraction of sp³-hybridized carbons (Fsp3) is 0.294. The van der Waals surface area contributed by atoms with Crippen molar-refractivity contribution in [2.75, 3.05) is 5.32 Å². The van der Waals surface area contributed by atoms with Crippen molar-refractivity contribution in [2.45, 2.75) is 37.0 Å². The molecule has 0 bridgehead atoms. The summed E-state index contributed by atoms with van der Waals surface area (Å²) in [7, 11) is 0. The molecule has 2 aromatic rings. The molecule has 0 spiro atoms. The topological polar surface area (TPSA) is 62.2 Å². The summed E-state index contributed by atoms with van der Waals surface area (Å²) in [6.45, 7) is 6.01. The van der Waals surface area contributed by atoms with Crippen LogP contribution in [0.3, 0.4) is 0 Å². The lowest BCUT2D eigenvalue weighted by atomic mass is 9.87. The van der Waals surface area contributed by atoms with Crippen LogP contribution in [0.4, 0.5) is 14.5 Å². The Morgan fingerprint density at radius 2 is 2.00 bits per heavy atom. The average Bonchev–Trinajstić information content (AvgIpc) is 2.48. The zero-order valence-corrected chi connectivity index (χ0v) is 14.3. The zero-order valence-electron chi connectivity index (χ0n) is 13.5. The zero-order chi connectivity index (χ0) is 17.9. The predicted molar refractivity (Wildman–Crippen MR) is 90.9 cm³/mol. The lowest BCUT2D eigenvalue weighted by molar-refractivity contribution is 0.102. The van der Waals surface area contributed by atoms with E-state index in [0.717, 1.165) is 5.56 Å². The maximum absolute atomic E-state index is 12.6. The van der Waals surface area contributed by atoms with Crippen LogP contribution in [-0.2, 0) is 5.41 Å². The summed E-state index contributed by atoms with van der Waals surface area (Å²) >= 11 is 0.208. The molecule has 0 radical (unpaired) electrons. The predicted octanol–water partition coefficient (Wildman–Crippen LogP) is 4.65.